The number of methoxy groups -OCH3 is 1. The zero-order valence-electron chi connectivity index (χ0n) is 7.07. The predicted molar refractivity (Wildman–Crippen MR) is 47.4 cm³/mol. The van der Waals surface area contributed by atoms with Crippen LogP contribution in [0.3, 0.4) is 0 Å². The number of carbonyl (C=O) groups is 1. The topological polar surface area (TPSA) is 52.3 Å². The third kappa shape index (κ3) is 5.44. The number of ether oxygens (including phenoxy) is 1. The summed E-state index contributed by atoms with van der Waals surface area (Å²) in [6, 6.07) is 9.99. The van der Waals surface area contributed by atoms with Gasteiger partial charge in [0.15, 0.2) is 0 Å². The quantitative estimate of drug-likeness (QED) is 0.667. The molecule has 0 bridgehead atoms. The number of rotatable bonds is 2. The van der Waals surface area contributed by atoms with E-state index in [0.29, 0.717) is 13.0 Å². The van der Waals surface area contributed by atoms with Gasteiger partial charge in [-0.25, -0.2) is 0 Å². The molecule has 0 aromatic heterocycles. The highest BCUT2D eigenvalue weighted by atomic mass is 16.5. The Bertz CT molecular complexity index is 199. The van der Waals surface area contributed by atoms with E-state index >= 15 is 0 Å². The van der Waals surface area contributed by atoms with Gasteiger partial charge < -0.3 is 10.5 Å². The first-order valence-electron chi connectivity index (χ1n) is 3.55. The second-order valence-corrected chi connectivity index (χ2v) is 2.02. The lowest BCUT2D eigenvalue weighted by atomic mass is 10.2. The van der Waals surface area contributed by atoms with Crippen molar-refractivity contribution in [1.82, 2.24) is 0 Å². The van der Waals surface area contributed by atoms with Gasteiger partial charge in [0.1, 0.15) is 0 Å². The molecule has 0 aliphatic heterocycles. The molecule has 1 aromatic carbocycles. The van der Waals surface area contributed by atoms with E-state index in [1.165, 1.54) is 12.7 Å². The standard InChI is InChI=1S/C7H9N.C2H4O2/c8-6-7-4-2-1-3-5-7;1-4-2-3/h1-5H,6,8H2;2H,1H3. The van der Waals surface area contributed by atoms with Gasteiger partial charge in [0.2, 0.25) is 0 Å². The van der Waals surface area contributed by atoms with Gasteiger partial charge in [0.25, 0.3) is 6.47 Å². The minimum atomic E-state index is 0.375. The molecule has 3 heteroatoms. The van der Waals surface area contributed by atoms with Crippen LogP contribution < -0.4 is 5.73 Å². The lowest BCUT2D eigenvalue weighted by molar-refractivity contribution is -0.126. The van der Waals surface area contributed by atoms with E-state index in [2.05, 4.69) is 4.74 Å². The fourth-order valence-corrected chi connectivity index (χ4v) is 0.614. The van der Waals surface area contributed by atoms with E-state index in [0.717, 1.165) is 0 Å². The molecule has 0 aliphatic carbocycles. The Labute approximate surface area is 72.1 Å². The predicted octanol–water partition coefficient (Wildman–Crippen LogP) is 0.934. The maximum Gasteiger partial charge on any atom is 0.292 e. The summed E-state index contributed by atoms with van der Waals surface area (Å²) in [5.41, 5.74) is 6.54. The van der Waals surface area contributed by atoms with E-state index in [9.17, 15) is 0 Å². The minimum Gasteiger partial charge on any atom is -0.471 e. The van der Waals surface area contributed by atoms with Crippen molar-refractivity contribution in [1.29, 1.82) is 0 Å². The van der Waals surface area contributed by atoms with Gasteiger partial charge in [-0.15, -0.1) is 0 Å². The van der Waals surface area contributed by atoms with Gasteiger partial charge >= 0.3 is 0 Å². The summed E-state index contributed by atoms with van der Waals surface area (Å²) in [7, 11) is 1.31. The lowest BCUT2D eigenvalue weighted by Gasteiger charge is -1.90. The lowest BCUT2D eigenvalue weighted by Crippen LogP contribution is -1.94. The van der Waals surface area contributed by atoms with Crippen LogP contribution in [0.25, 0.3) is 0 Å². The van der Waals surface area contributed by atoms with Gasteiger partial charge in [-0.05, 0) is 5.56 Å². The monoisotopic (exact) mass is 167 g/mol. The first-order chi connectivity index (χ1) is 5.85. The number of nitrogens with two attached hydrogens (primary N) is 1. The first kappa shape index (κ1) is 10.7. The molecule has 0 saturated heterocycles. The van der Waals surface area contributed by atoms with Crippen LogP contribution in [-0.2, 0) is 16.1 Å². The van der Waals surface area contributed by atoms with Crippen LogP contribution in [0, 0.1) is 0 Å². The summed E-state index contributed by atoms with van der Waals surface area (Å²) in [5.74, 6) is 0. The van der Waals surface area contributed by atoms with E-state index in [-0.39, 0.29) is 0 Å². The molecular formula is C9H13NO2. The van der Waals surface area contributed by atoms with Crippen LogP contribution >= 0.6 is 0 Å². The molecule has 0 spiro atoms. The highest BCUT2D eigenvalue weighted by Gasteiger charge is 1.80. The molecular weight excluding hydrogens is 154 g/mol. The SMILES string of the molecule is COC=O.NCc1ccccc1. The maximum atomic E-state index is 8.95. The minimum absolute atomic E-state index is 0.375. The van der Waals surface area contributed by atoms with Crippen LogP contribution in [0.1, 0.15) is 5.56 Å². The fourth-order valence-electron chi connectivity index (χ4n) is 0.614. The van der Waals surface area contributed by atoms with Crippen molar-refractivity contribution >= 4 is 6.47 Å². The van der Waals surface area contributed by atoms with Crippen LogP contribution in [0.2, 0.25) is 0 Å². The van der Waals surface area contributed by atoms with Crippen molar-refractivity contribution in [3.63, 3.8) is 0 Å². The van der Waals surface area contributed by atoms with E-state index in [1.807, 2.05) is 30.3 Å². The molecule has 3 nitrogen and oxygen atoms in total. The zero-order valence-corrected chi connectivity index (χ0v) is 7.07. The Balaban J connectivity index is 0.000000261. The maximum absolute atomic E-state index is 8.95. The number of carbonyl (C=O) groups excluding carboxylic acids is 1. The molecule has 2 N–H and O–H groups in total. The molecule has 0 heterocycles. The molecule has 0 saturated carbocycles. The average Bonchev–Trinajstić information content (AvgIpc) is 2.19. The van der Waals surface area contributed by atoms with Crippen LogP contribution in [0.15, 0.2) is 30.3 Å². The second-order valence-electron chi connectivity index (χ2n) is 2.02. The summed E-state index contributed by atoms with van der Waals surface area (Å²) >= 11 is 0. The third-order valence-electron chi connectivity index (χ3n) is 1.17. The molecule has 1 rings (SSSR count). The molecule has 12 heavy (non-hydrogen) atoms. The Hall–Kier alpha value is -1.35. The van der Waals surface area contributed by atoms with E-state index < -0.39 is 0 Å². The highest BCUT2D eigenvalue weighted by molar-refractivity contribution is 5.36. The molecule has 1 aromatic rings. The van der Waals surface area contributed by atoms with Crippen LogP contribution in [-0.4, -0.2) is 13.6 Å². The largest absolute Gasteiger partial charge is 0.471 e. The van der Waals surface area contributed by atoms with Gasteiger partial charge in [-0.2, -0.15) is 0 Å². The van der Waals surface area contributed by atoms with Crippen molar-refractivity contribution in [3.05, 3.63) is 35.9 Å². The smallest absolute Gasteiger partial charge is 0.292 e. The van der Waals surface area contributed by atoms with Gasteiger partial charge in [-0.1, -0.05) is 30.3 Å². The molecule has 0 aliphatic rings. The van der Waals surface area contributed by atoms with Crippen LogP contribution in [0.5, 0.6) is 0 Å². The normalized spacial score (nSPS) is 7.83. The van der Waals surface area contributed by atoms with Crippen molar-refractivity contribution in [2.75, 3.05) is 7.11 Å². The van der Waals surface area contributed by atoms with E-state index in [4.69, 9.17) is 10.5 Å². The Morgan fingerprint density at radius 2 is 1.92 bits per heavy atom. The summed E-state index contributed by atoms with van der Waals surface area (Å²) in [6.07, 6.45) is 0. The molecule has 0 unspecified atom stereocenters. The molecule has 0 atom stereocenters. The van der Waals surface area contributed by atoms with Crippen molar-refractivity contribution in [2.24, 2.45) is 5.73 Å². The summed E-state index contributed by atoms with van der Waals surface area (Å²) in [5, 5.41) is 0. The molecule has 0 amide bonds. The molecule has 0 fully saturated rings. The van der Waals surface area contributed by atoms with Gasteiger partial charge in [-0.3, -0.25) is 4.79 Å². The summed E-state index contributed by atoms with van der Waals surface area (Å²) in [4.78, 5) is 8.95. The fraction of sp³-hybridized carbons (Fsp3) is 0.222. The summed E-state index contributed by atoms with van der Waals surface area (Å²) < 4.78 is 3.86. The Kier molecular flexibility index (Phi) is 6.88. The van der Waals surface area contributed by atoms with Crippen molar-refractivity contribution in [2.45, 2.75) is 6.54 Å². The van der Waals surface area contributed by atoms with Gasteiger partial charge in [0.05, 0.1) is 7.11 Å². The van der Waals surface area contributed by atoms with E-state index in [1.54, 1.807) is 0 Å². The van der Waals surface area contributed by atoms with Crippen LogP contribution in [0.4, 0.5) is 0 Å². The number of hydrogen-bond acceptors (Lipinski definition) is 3. The summed E-state index contributed by atoms with van der Waals surface area (Å²) in [6.45, 7) is 1.01. The first-order valence-corrected chi connectivity index (χ1v) is 3.55. The average molecular weight is 167 g/mol. The molecule has 0 radical (unpaired) electrons. The Morgan fingerprint density at radius 1 is 1.42 bits per heavy atom. The Morgan fingerprint density at radius 3 is 2.17 bits per heavy atom. The number of benzene rings is 1. The van der Waals surface area contributed by atoms with Crippen molar-refractivity contribution in [3.8, 4) is 0 Å². The third-order valence-corrected chi connectivity index (χ3v) is 1.17. The number of hydrogen-bond donors (Lipinski definition) is 1. The van der Waals surface area contributed by atoms with Gasteiger partial charge in [0, 0.05) is 6.54 Å². The molecule has 66 valence electrons. The van der Waals surface area contributed by atoms with Crippen molar-refractivity contribution < 1.29 is 9.53 Å². The highest BCUT2D eigenvalue weighted by Crippen LogP contribution is 1.94. The second kappa shape index (κ2) is 7.75. The zero-order chi connectivity index (χ0) is 9.23.